The first-order valence-corrected chi connectivity index (χ1v) is 12.6. The number of nitrogens with one attached hydrogen (secondary N) is 3. The minimum atomic E-state index is -0.229. The molecule has 2 heterocycles. The van der Waals surface area contributed by atoms with Gasteiger partial charge in [0, 0.05) is 16.8 Å². The van der Waals surface area contributed by atoms with E-state index in [1.807, 2.05) is 56.3 Å². The zero-order chi connectivity index (χ0) is 27.8. The second kappa shape index (κ2) is 16.4. The van der Waals surface area contributed by atoms with Crippen molar-refractivity contribution in [1.82, 2.24) is 20.5 Å². The first-order chi connectivity index (χ1) is 18.4. The third kappa shape index (κ3) is 9.92. The van der Waals surface area contributed by atoms with Crippen LogP contribution in [-0.4, -0.2) is 39.3 Å². The third-order valence-electron chi connectivity index (χ3n) is 4.89. The zero-order valence-corrected chi connectivity index (χ0v) is 22.8. The molecule has 0 aliphatic heterocycles. The SMILES string of the molecule is C/C=C/c1cc(C)cc(C)n1.CCC.O=C(NCC#CCO)c1ccccc1Nc1ccc2cn[nH]c2c1. The van der Waals surface area contributed by atoms with Gasteiger partial charge in [-0.15, -0.1) is 0 Å². The first-order valence-electron chi connectivity index (χ1n) is 12.6. The molecule has 0 spiro atoms. The summed E-state index contributed by atoms with van der Waals surface area (Å²) in [5.41, 5.74) is 6.39. The van der Waals surface area contributed by atoms with Crippen molar-refractivity contribution in [2.24, 2.45) is 0 Å². The number of pyridine rings is 1. The van der Waals surface area contributed by atoms with Gasteiger partial charge in [-0.1, -0.05) is 50.3 Å². The highest BCUT2D eigenvalue weighted by Crippen LogP contribution is 2.23. The minimum absolute atomic E-state index is 0.188. The van der Waals surface area contributed by atoms with Gasteiger partial charge >= 0.3 is 0 Å². The monoisotopic (exact) mass is 511 g/mol. The second-order valence-electron chi connectivity index (χ2n) is 8.45. The second-order valence-corrected chi connectivity index (χ2v) is 8.45. The molecular formula is C31H37N5O2. The van der Waals surface area contributed by atoms with Gasteiger partial charge in [-0.2, -0.15) is 5.10 Å². The number of aromatic nitrogens is 3. The number of aryl methyl sites for hydroxylation is 2. The fourth-order valence-electron chi connectivity index (χ4n) is 3.43. The van der Waals surface area contributed by atoms with Crippen LogP contribution >= 0.6 is 0 Å². The molecule has 1 amide bonds. The summed E-state index contributed by atoms with van der Waals surface area (Å²) < 4.78 is 0. The number of carbonyl (C=O) groups excluding carboxylic acids is 1. The summed E-state index contributed by atoms with van der Waals surface area (Å²) >= 11 is 0. The van der Waals surface area contributed by atoms with Crippen molar-refractivity contribution < 1.29 is 9.90 Å². The van der Waals surface area contributed by atoms with Crippen LogP contribution in [0.15, 0.2) is 66.9 Å². The molecule has 0 atom stereocenters. The molecule has 198 valence electrons. The summed E-state index contributed by atoms with van der Waals surface area (Å²) in [7, 11) is 0. The highest BCUT2D eigenvalue weighted by atomic mass is 16.2. The summed E-state index contributed by atoms with van der Waals surface area (Å²) in [6.45, 7) is 10.3. The maximum absolute atomic E-state index is 12.3. The van der Waals surface area contributed by atoms with Crippen molar-refractivity contribution in [2.75, 3.05) is 18.5 Å². The van der Waals surface area contributed by atoms with Crippen molar-refractivity contribution in [3.63, 3.8) is 0 Å². The van der Waals surface area contributed by atoms with Crippen LogP contribution in [-0.2, 0) is 0 Å². The predicted octanol–water partition coefficient (Wildman–Crippen LogP) is 6.18. The number of rotatable bonds is 5. The van der Waals surface area contributed by atoms with Crippen LogP contribution in [0.4, 0.5) is 11.4 Å². The molecule has 0 saturated carbocycles. The Kier molecular flexibility index (Phi) is 12.8. The molecule has 7 heteroatoms. The van der Waals surface area contributed by atoms with E-state index < -0.39 is 0 Å². The summed E-state index contributed by atoms with van der Waals surface area (Å²) in [4.78, 5) is 16.6. The van der Waals surface area contributed by atoms with Gasteiger partial charge in [0.15, 0.2) is 0 Å². The number of hydrogen-bond donors (Lipinski definition) is 4. The van der Waals surface area contributed by atoms with E-state index in [-0.39, 0.29) is 19.1 Å². The van der Waals surface area contributed by atoms with Gasteiger partial charge in [0.2, 0.25) is 0 Å². The van der Waals surface area contributed by atoms with Gasteiger partial charge in [-0.3, -0.25) is 14.9 Å². The smallest absolute Gasteiger partial charge is 0.254 e. The molecule has 0 aliphatic carbocycles. The van der Waals surface area contributed by atoms with Gasteiger partial charge in [-0.25, -0.2) is 0 Å². The Bertz CT molecular complexity index is 1380. The van der Waals surface area contributed by atoms with Crippen LogP contribution in [0.25, 0.3) is 17.0 Å². The van der Waals surface area contributed by atoms with Crippen LogP contribution in [0.2, 0.25) is 0 Å². The van der Waals surface area contributed by atoms with E-state index >= 15 is 0 Å². The molecule has 4 rings (SSSR count). The topological polar surface area (TPSA) is 103 Å². The Labute approximate surface area is 225 Å². The normalized spacial score (nSPS) is 9.95. The highest BCUT2D eigenvalue weighted by Gasteiger charge is 2.10. The molecule has 0 saturated heterocycles. The van der Waals surface area contributed by atoms with Crippen molar-refractivity contribution in [2.45, 2.75) is 41.0 Å². The molecular weight excluding hydrogens is 474 g/mol. The molecule has 0 bridgehead atoms. The number of allylic oxidation sites excluding steroid dienone is 1. The molecule has 4 aromatic rings. The lowest BCUT2D eigenvalue weighted by molar-refractivity contribution is 0.0959. The van der Waals surface area contributed by atoms with E-state index in [1.165, 1.54) is 12.0 Å². The Balaban J connectivity index is 0.000000302. The number of anilines is 2. The number of aromatic amines is 1. The van der Waals surface area contributed by atoms with E-state index in [0.717, 1.165) is 28.0 Å². The molecule has 0 radical (unpaired) electrons. The fraction of sp³-hybridized carbons (Fsp3) is 0.258. The van der Waals surface area contributed by atoms with Crippen molar-refractivity contribution in [1.29, 1.82) is 0 Å². The van der Waals surface area contributed by atoms with E-state index in [0.29, 0.717) is 11.3 Å². The van der Waals surface area contributed by atoms with E-state index in [1.54, 1.807) is 18.3 Å². The number of hydrogen-bond acceptors (Lipinski definition) is 5. The summed E-state index contributed by atoms with van der Waals surface area (Å²) in [5, 5.41) is 22.5. The molecule has 38 heavy (non-hydrogen) atoms. The van der Waals surface area contributed by atoms with E-state index in [9.17, 15) is 4.79 Å². The lowest BCUT2D eigenvalue weighted by Gasteiger charge is -2.11. The Morgan fingerprint density at radius 1 is 1.08 bits per heavy atom. The van der Waals surface area contributed by atoms with Crippen LogP contribution in [0.5, 0.6) is 0 Å². The molecule has 4 N–H and O–H groups in total. The average molecular weight is 512 g/mol. The molecule has 2 aromatic carbocycles. The van der Waals surface area contributed by atoms with Crippen LogP contribution in [0.1, 0.15) is 54.5 Å². The standard InChI is InChI=1S/C18H16N4O2.C10H13N.C3H8/c23-10-4-3-9-19-18(24)15-5-1-2-6-16(15)21-14-8-7-13-12-20-22-17(13)11-14;1-4-5-10-7-8(2)6-9(3)11-10;1-3-2/h1-2,5-8,11-12,21,23H,9-10H2,(H,19,24)(H,20,22);4-7H,1-3H3;3H2,1-2H3/b;5-4+;. The van der Waals surface area contributed by atoms with Crippen LogP contribution in [0.3, 0.4) is 0 Å². The molecule has 7 nitrogen and oxygen atoms in total. The van der Waals surface area contributed by atoms with E-state index in [4.69, 9.17) is 5.11 Å². The number of aliphatic hydroxyl groups excluding tert-OH is 1. The van der Waals surface area contributed by atoms with Crippen molar-refractivity contribution in [3.8, 4) is 11.8 Å². The fourth-order valence-corrected chi connectivity index (χ4v) is 3.43. The Morgan fingerprint density at radius 2 is 1.84 bits per heavy atom. The Hall–Kier alpha value is -4.41. The number of nitrogens with zero attached hydrogens (tertiary/aromatic N) is 2. The summed E-state index contributed by atoms with van der Waals surface area (Å²) in [5.74, 6) is 4.92. The first kappa shape index (κ1) is 29.8. The van der Waals surface area contributed by atoms with Gasteiger partial charge in [0.25, 0.3) is 5.91 Å². The molecule has 2 aromatic heterocycles. The summed E-state index contributed by atoms with van der Waals surface area (Å²) in [6, 6.07) is 17.2. The predicted molar refractivity (Wildman–Crippen MR) is 157 cm³/mol. The van der Waals surface area contributed by atoms with Crippen molar-refractivity contribution >= 4 is 34.3 Å². The minimum Gasteiger partial charge on any atom is -0.384 e. The van der Waals surface area contributed by atoms with Gasteiger partial charge in [0.1, 0.15) is 6.61 Å². The maximum Gasteiger partial charge on any atom is 0.254 e. The number of benzene rings is 2. The van der Waals surface area contributed by atoms with Crippen LogP contribution in [0, 0.1) is 25.7 Å². The van der Waals surface area contributed by atoms with E-state index in [2.05, 4.69) is 70.6 Å². The summed E-state index contributed by atoms with van der Waals surface area (Å²) in [6.07, 6.45) is 7.02. The average Bonchev–Trinajstić information content (AvgIpc) is 3.35. The van der Waals surface area contributed by atoms with Crippen LogP contribution < -0.4 is 10.6 Å². The number of H-pyrrole nitrogens is 1. The quantitative estimate of drug-likeness (QED) is 0.240. The van der Waals surface area contributed by atoms with Gasteiger partial charge < -0.3 is 15.7 Å². The molecule has 0 aliphatic rings. The number of carbonyl (C=O) groups is 1. The van der Waals surface area contributed by atoms with Gasteiger partial charge in [0.05, 0.1) is 35.2 Å². The lowest BCUT2D eigenvalue weighted by Crippen LogP contribution is -2.24. The molecule has 0 fully saturated rings. The maximum atomic E-state index is 12.3. The lowest BCUT2D eigenvalue weighted by atomic mass is 10.1. The Morgan fingerprint density at radius 3 is 2.55 bits per heavy atom. The number of para-hydroxylation sites is 1. The number of amides is 1. The number of fused-ring (bicyclic) bond motifs is 1. The third-order valence-corrected chi connectivity index (χ3v) is 4.89. The largest absolute Gasteiger partial charge is 0.384 e. The van der Waals surface area contributed by atoms with Gasteiger partial charge in [-0.05, 0) is 74.9 Å². The molecule has 0 unspecified atom stereocenters. The highest BCUT2D eigenvalue weighted by molar-refractivity contribution is 6.00. The number of aliphatic hydroxyl groups is 1. The van der Waals surface area contributed by atoms with Crippen molar-refractivity contribution in [3.05, 3.63) is 89.4 Å². The zero-order valence-electron chi connectivity index (χ0n) is 22.8.